The van der Waals surface area contributed by atoms with Crippen molar-refractivity contribution in [2.45, 2.75) is 6.42 Å². The molecule has 0 spiro atoms. The lowest BCUT2D eigenvalue weighted by atomic mass is 10.2. The minimum Gasteiger partial charge on any atom is -0.503 e. The maximum Gasteiger partial charge on any atom is 0.275 e. The topological polar surface area (TPSA) is 87.5 Å². The first-order valence-electron chi connectivity index (χ1n) is 8.60. The van der Waals surface area contributed by atoms with Gasteiger partial charge < -0.3 is 15.3 Å². The summed E-state index contributed by atoms with van der Waals surface area (Å²) in [5.74, 6) is -1.17. The number of hydrogen-bond acceptors (Lipinski definition) is 5. The summed E-state index contributed by atoms with van der Waals surface area (Å²) in [5, 5.41) is 16.6. The number of aromatic hydroxyl groups is 1. The summed E-state index contributed by atoms with van der Waals surface area (Å²) < 4.78 is 1.37. The van der Waals surface area contributed by atoms with Crippen LogP contribution in [0.5, 0.6) is 5.75 Å². The standard InChI is InChI=1S/C20H18N4O3/c1-21-20(27)18-19(26)17(25)12-24(22-18)16-9-5-4-8-15(16)23-11-10-13-6-2-3-7-14(13)23/h2-9,12,25H,10-11H2,1H3,(H,21,27). The maximum atomic E-state index is 12.1. The van der Waals surface area contributed by atoms with Crippen LogP contribution in [0.3, 0.4) is 0 Å². The molecule has 0 fully saturated rings. The van der Waals surface area contributed by atoms with Gasteiger partial charge >= 0.3 is 0 Å². The Bertz CT molecular complexity index is 1090. The molecule has 0 aliphatic carbocycles. The number of fused-ring (bicyclic) bond motifs is 1. The summed E-state index contributed by atoms with van der Waals surface area (Å²) in [6.45, 7) is 0.810. The predicted octanol–water partition coefficient (Wildman–Crippen LogP) is 1.99. The number of aromatic nitrogens is 2. The van der Waals surface area contributed by atoms with E-state index in [2.05, 4.69) is 27.4 Å². The lowest BCUT2D eigenvalue weighted by Gasteiger charge is -2.23. The number of carbonyl (C=O) groups excluding carboxylic acids is 1. The summed E-state index contributed by atoms with van der Waals surface area (Å²) in [6.07, 6.45) is 2.16. The van der Waals surface area contributed by atoms with Crippen molar-refractivity contribution in [2.24, 2.45) is 0 Å². The van der Waals surface area contributed by atoms with E-state index in [1.165, 1.54) is 23.5 Å². The van der Waals surface area contributed by atoms with Gasteiger partial charge in [0.05, 0.1) is 17.6 Å². The first kappa shape index (κ1) is 16.8. The second kappa shape index (κ2) is 6.60. The van der Waals surface area contributed by atoms with Gasteiger partial charge in [0.15, 0.2) is 11.4 Å². The van der Waals surface area contributed by atoms with Gasteiger partial charge in [-0.25, -0.2) is 4.68 Å². The molecule has 4 rings (SSSR count). The third-order valence-electron chi connectivity index (χ3n) is 4.65. The Kier molecular flexibility index (Phi) is 4.12. The van der Waals surface area contributed by atoms with Gasteiger partial charge in [0, 0.05) is 19.3 Å². The molecule has 1 aromatic heterocycles. The zero-order valence-corrected chi connectivity index (χ0v) is 14.7. The quantitative estimate of drug-likeness (QED) is 0.744. The molecule has 0 unspecified atom stereocenters. The van der Waals surface area contributed by atoms with Gasteiger partial charge in [-0.1, -0.05) is 30.3 Å². The highest BCUT2D eigenvalue weighted by molar-refractivity contribution is 5.92. The number of amides is 1. The smallest absolute Gasteiger partial charge is 0.275 e. The molecule has 136 valence electrons. The van der Waals surface area contributed by atoms with Gasteiger partial charge in [-0.3, -0.25) is 9.59 Å². The fourth-order valence-electron chi connectivity index (χ4n) is 3.34. The highest BCUT2D eigenvalue weighted by atomic mass is 16.3. The Labute approximate surface area is 155 Å². The first-order chi connectivity index (χ1) is 13.1. The molecule has 2 heterocycles. The average Bonchev–Trinajstić information content (AvgIpc) is 3.13. The Morgan fingerprint density at radius 2 is 1.74 bits per heavy atom. The van der Waals surface area contributed by atoms with Crippen molar-refractivity contribution in [3.63, 3.8) is 0 Å². The molecule has 2 aromatic carbocycles. The minimum absolute atomic E-state index is 0.353. The summed E-state index contributed by atoms with van der Waals surface area (Å²) in [6, 6.07) is 15.7. The normalized spacial score (nSPS) is 12.7. The van der Waals surface area contributed by atoms with Crippen LogP contribution in [0, 0.1) is 0 Å². The largest absolute Gasteiger partial charge is 0.503 e. The fraction of sp³-hybridized carbons (Fsp3) is 0.150. The lowest BCUT2D eigenvalue weighted by molar-refractivity contribution is 0.0954. The molecule has 7 nitrogen and oxygen atoms in total. The van der Waals surface area contributed by atoms with Crippen molar-refractivity contribution < 1.29 is 9.90 Å². The molecule has 0 radical (unpaired) electrons. The number of carbonyl (C=O) groups is 1. The number of nitrogens with zero attached hydrogens (tertiary/aromatic N) is 3. The van der Waals surface area contributed by atoms with Crippen LogP contribution in [0.15, 0.2) is 59.5 Å². The Balaban J connectivity index is 1.87. The molecule has 1 amide bonds. The van der Waals surface area contributed by atoms with Crippen molar-refractivity contribution in [3.8, 4) is 11.4 Å². The van der Waals surface area contributed by atoms with Gasteiger partial charge in [0.1, 0.15) is 0 Å². The van der Waals surface area contributed by atoms with Crippen molar-refractivity contribution in [2.75, 3.05) is 18.5 Å². The van der Waals surface area contributed by atoms with Crippen molar-refractivity contribution in [3.05, 3.63) is 76.2 Å². The SMILES string of the molecule is CNC(=O)c1nn(-c2ccccc2N2CCc3ccccc32)cc(O)c1=O. The summed E-state index contributed by atoms with van der Waals surface area (Å²) in [4.78, 5) is 26.2. The molecule has 0 saturated heterocycles. The average molecular weight is 362 g/mol. The number of anilines is 2. The molecule has 1 aliphatic heterocycles. The molecular weight excluding hydrogens is 344 g/mol. The number of benzene rings is 2. The van der Waals surface area contributed by atoms with E-state index in [-0.39, 0.29) is 5.69 Å². The zero-order valence-electron chi connectivity index (χ0n) is 14.7. The molecule has 7 heteroatoms. The van der Waals surface area contributed by atoms with Gasteiger partial charge in [-0.05, 0) is 30.2 Å². The van der Waals surface area contributed by atoms with E-state index in [4.69, 9.17) is 0 Å². The van der Waals surface area contributed by atoms with Crippen molar-refractivity contribution in [1.82, 2.24) is 15.1 Å². The van der Waals surface area contributed by atoms with Crippen LogP contribution in [0.2, 0.25) is 0 Å². The number of hydrogen-bond donors (Lipinski definition) is 2. The fourth-order valence-corrected chi connectivity index (χ4v) is 3.34. The minimum atomic E-state index is -0.797. The van der Waals surface area contributed by atoms with E-state index in [1.807, 2.05) is 36.4 Å². The number of rotatable bonds is 3. The van der Waals surface area contributed by atoms with E-state index in [9.17, 15) is 14.7 Å². The van der Waals surface area contributed by atoms with Crippen LogP contribution >= 0.6 is 0 Å². The van der Waals surface area contributed by atoms with Crippen molar-refractivity contribution >= 4 is 17.3 Å². The summed E-state index contributed by atoms with van der Waals surface area (Å²) >= 11 is 0. The van der Waals surface area contributed by atoms with E-state index in [0.717, 1.165) is 24.3 Å². The Hall–Kier alpha value is -3.61. The third kappa shape index (κ3) is 2.83. The Morgan fingerprint density at radius 3 is 2.48 bits per heavy atom. The molecule has 2 N–H and O–H groups in total. The van der Waals surface area contributed by atoms with Gasteiger partial charge in [-0.2, -0.15) is 5.10 Å². The van der Waals surface area contributed by atoms with Crippen LogP contribution in [0.25, 0.3) is 5.69 Å². The molecule has 0 saturated carbocycles. The van der Waals surface area contributed by atoms with Gasteiger partial charge in [-0.15, -0.1) is 0 Å². The molecule has 3 aromatic rings. The second-order valence-electron chi connectivity index (χ2n) is 6.23. The predicted molar refractivity (Wildman–Crippen MR) is 102 cm³/mol. The van der Waals surface area contributed by atoms with Crippen LogP contribution in [-0.4, -0.2) is 34.4 Å². The van der Waals surface area contributed by atoms with E-state index in [1.54, 1.807) is 0 Å². The molecular formula is C20H18N4O3. The van der Waals surface area contributed by atoms with Crippen LogP contribution in [0.4, 0.5) is 11.4 Å². The van der Waals surface area contributed by atoms with Gasteiger partial charge in [0.2, 0.25) is 0 Å². The maximum absolute atomic E-state index is 12.1. The number of para-hydroxylation sites is 3. The van der Waals surface area contributed by atoms with Gasteiger partial charge in [0.25, 0.3) is 11.3 Å². The highest BCUT2D eigenvalue weighted by Gasteiger charge is 2.23. The van der Waals surface area contributed by atoms with Crippen LogP contribution in [-0.2, 0) is 6.42 Å². The van der Waals surface area contributed by atoms with Crippen LogP contribution in [0.1, 0.15) is 16.1 Å². The van der Waals surface area contributed by atoms with E-state index < -0.39 is 17.1 Å². The monoisotopic (exact) mass is 362 g/mol. The van der Waals surface area contributed by atoms with E-state index in [0.29, 0.717) is 5.69 Å². The lowest BCUT2D eigenvalue weighted by Crippen LogP contribution is -2.29. The first-order valence-corrected chi connectivity index (χ1v) is 8.60. The van der Waals surface area contributed by atoms with Crippen LogP contribution < -0.4 is 15.6 Å². The summed E-state index contributed by atoms with van der Waals surface area (Å²) in [7, 11) is 1.41. The second-order valence-corrected chi connectivity index (χ2v) is 6.23. The van der Waals surface area contributed by atoms with Crippen molar-refractivity contribution in [1.29, 1.82) is 0 Å². The number of nitrogens with one attached hydrogen (secondary N) is 1. The third-order valence-corrected chi connectivity index (χ3v) is 4.65. The summed E-state index contributed by atoms with van der Waals surface area (Å²) in [5.41, 5.74) is 2.76. The van der Waals surface area contributed by atoms with E-state index >= 15 is 0 Å². The Morgan fingerprint density at radius 1 is 1.07 bits per heavy atom. The molecule has 0 atom stereocenters. The molecule has 1 aliphatic rings. The molecule has 27 heavy (non-hydrogen) atoms. The highest BCUT2D eigenvalue weighted by Crippen LogP contribution is 2.37. The zero-order chi connectivity index (χ0) is 19.0. The molecule has 0 bridgehead atoms.